The monoisotopic (exact) mass is 439 g/mol. The molecule has 4 rings (SSSR count). The van der Waals surface area contributed by atoms with Gasteiger partial charge in [-0.05, 0) is 17.7 Å². The zero-order chi connectivity index (χ0) is 20.2. The Morgan fingerprint density at radius 3 is 2.28 bits per heavy atom. The highest BCUT2D eigenvalue weighted by atomic mass is 35.5. The van der Waals surface area contributed by atoms with Crippen molar-refractivity contribution in [3.05, 3.63) is 88.4 Å². The Morgan fingerprint density at radius 1 is 0.931 bits per heavy atom. The van der Waals surface area contributed by atoms with Crippen LogP contribution in [0.5, 0.6) is 5.75 Å². The summed E-state index contributed by atoms with van der Waals surface area (Å²) in [6.07, 6.45) is 1.46. The van der Waals surface area contributed by atoms with Crippen molar-refractivity contribution < 1.29 is 5.11 Å². The Morgan fingerprint density at radius 2 is 1.59 bits per heavy atom. The summed E-state index contributed by atoms with van der Waals surface area (Å²) in [5, 5.41) is 15.5. The fourth-order valence-electron chi connectivity index (χ4n) is 2.79. The number of nitrogens with zero attached hydrogens (tertiary/aromatic N) is 2. The van der Waals surface area contributed by atoms with Crippen molar-refractivity contribution in [3.63, 3.8) is 0 Å². The fourth-order valence-corrected chi connectivity index (χ4v) is 4.24. The van der Waals surface area contributed by atoms with E-state index in [0.29, 0.717) is 15.7 Å². The number of aromatic nitrogens is 1. The molecule has 0 spiro atoms. The van der Waals surface area contributed by atoms with E-state index in [0.717, 1.165) is 21.7 Å². The minimum atomic E-state index is -0.0734. The maximum Gasteiger partial charge on any atom is 0.204 e. The first-order valence-corrected chi connectivity index (χ1v) is 10.3. The van der Waals surface area contributed by atoms with Gasteiger partial charge >= 0.3 is 0 Å². The molecule has 0 radical (unpaired) electrons. The molecule has 0 atom stereocenters. The molecule has 0 fully saturated rings. The molecule has 0 aliphatic rings. The third-order valence-corrected chi connectivity index (χ3v) is 5.65. The molecule has 1 aromatic heterocycles. The highest BCUT2D eigenvalue weighted by Gasteiger charge is 2.14. The molecule has 0 saturated heterocycles. The quantitative estimate of drug-likeness (QED) is 0.261. The second-order valence-corrected chi connectivity index (χ2v) is 7.97. The number of hydrogen-bond donors (Lipinski definition) is 2. The van der Waals surface area contributed by atoms with Gasteiger partial charge in [0, 0.05) is 16.1 Å². The van der Waals surface area contributed by atoms with Crippen molar-refractivity contribution in [3.8, 4) is 27.4 Å². The van der Waals surface area contributed by atoms with Crippen LogP contribution >= 0.6 is 34.5 Å². The van der Waals surface area contributed by atoms with Crippen LogP contribution in [0.25, 0.3) is 21.7 Å². The van der Waals surface area contributed by atoms with E-state index in [1.54, 1.807) is 6.07 Å². The molecule has 4 nitrogen and oxygen atoms in total. The summed E-state index contributed by atoms with van der Waals surface area (Å²) in [6.45, 7) is 0. The van der Waals surface area contributed by atoms with Gasteiger partial charge < -0.3 is 5.11 Å². The first-order valence-electron chi connectivity index (χ1n) is 8.70. The van der Waals surface area contributed by atoms with Crippen LogP contribution in [0.4, 0.5) is 5.13 Å². The van der Waals surface area contributed by atoms with Crippen LogP contribution in [-0.4, -0.2) is 16.3 Å². The van der Waals surface area contributed by atoms with E-state index in [1.165, 1.54) is 23.6 Å². The highest BCUT2D eigenvalue weighted by molar-refractivity contribution is 7.19. The lowest BCUT2D eigenvalue weighted by Crippen LogP contribution is -1.91. The van der Waals surface area contributed by atoms with E-state index in [1.807, 2.05) is 48.5 Å². The molecule has 7 heteroatoms. The summed E-state index contributed by atoms with van der Waals surface area (Å²) in [4.78, 5) is 5.77. The third kappa shape index (κ3) is 4.43. The lowest BCUT2D eigenvalue weighted by molar-refractivity contribution is 0.475. The lowest BCUT2D eigenvalue weighted by Gasteiger charge is -2.02. The molecule has 3 aromatic carbocycles. The summed E-state index contributed by atoms with van der Waals surface area (Å²) in [5.74, 6) is -0.0734. The van der Waals surface area contributed by atoms with Crippen molar-refractivity contribution in [2.45, 2.75) is 0 Å². The molecule has 1 heterocycles. The Bertz CT molecular complexity index is 1100. The van der Waals surface area contributed by atoms with Crippen molar-refractivity contribution in [2.75, 3.05) is 5.43 Å². The Hall–Kier alpha value is -2.86. The van der Waals surface area contributed by atoms with Gasteiger partial charge in [0.05, 0.1) is 21.8 Å². The molecule has 4 aromatic rings. The largest absolute Gasteiger partial charge is 0.506 e. The SMILES string of the molecule is Oc1c(Cl)cc(Cl)cc1/C=N\Nc1nc(-c2ccccc2)c(-c2ccccc2)s1. The van der Waals surface area contributed by atoms with Crippen molar-refractivity contribution >= 4 is 45.9 Å². The molecular weight excluding hydrogens is 425 g/mol. The number of thiazole rings is 1. The van der Waals surface area contributed by atoms with Crippen LogP contribution in [0.1, 0.15) is 5.56 Å². The van der Waals surface area contributed by atoms with Gasteiger partial charge in [0.25, 0.3) is 0 Å². The van der Waals surface area contributed by atoms with E-state index in [-0.39, 0.29) is 10.8 Å². The summed E-state index contributed by atoms with van der Waals surface area (Å²) >= 11 is 13.4. The predicted octanol–water partition coefficient (Wildman–Crippen LogP) is 6.94. The Labute approximate surface area is 182 Å². The number of halogens is 2. The number of rotatable bonds is 5. The van der Waals surface area contributed by atoms with Crippen LogP contribution in [0.3, 0.4) is 0 Å². The van der Waals surface area contributed by atoms with Gasteiger partial charge in [-0.1, -0.05) is 95.2 Å². The van der Waals surface area contributed by atoms with Crippen LogP contribution in [0.15, 0.2) is 77.9 Å². The van der Waals surface area contributed by atoms with Gasteiger partial charge in [-0.3, -0.25) is 5.43 Å². The van der Waals surface area contributed by atoms with Crippen LogP contribution in [-0.2, 0) is 0 Å². The zero-order valence-electron chi connectivity index (χ0n) is 15.0. The Balaban J connectivity index is 1.66. The Kier molecular flexibility index (Phi) is 5.81. The fraction of sp³-hybridized carbons (Fsp3) is 0. The van der Waals surface area contributed by atoms with E-state index < -0.39 is 0 Å². The van der Waals surface area contributed by atoms with Gasteiger partial charge in [0.15, 0.2) is 0 Å². The van der Waals surface area contributed by atoms with E-state index in [4.69, 9.17) is 28.2 Å². The second kappa shape index (κ2) is 8.66. The van der Waals surface area contributed by atoms with Gasteiger partial charge in [-0.2, -0.15) is 5.10 Å². The van der Waals surface area contributed by atoms with Crippen LogP contribution < -0.4 is 5.43 Å². The van der Waals surface area contributed by atoms with Crippen LogP contribution in [0.2, 0.25) is 10.0 Å². The van der Waals surface area contributed by atoms with Crippen molar-refractivity contribution in [2.24, 2.45) is 5.10 Å². The number of phenolic OH excluding ortho intramolecular Hbond substituents is 1. The lowest BCUT2D eigenvalue weighted by atomic mass is 10.1. The number of benzene rings is 3. The maximum absolute atomic E-state index is 10.0. The van der Waals surface area contributed by atoms with Gasteiger partial charge in [0.2, 0.25) is 5.13 Å². The summed E-state index contributed by atoms with van der Waals surface area (Å²) < 4.78 is 0. The number of aromatic hydroxyl groups is 1. The minimum Gasteiger partial charge on any atom is -0.506 e. The summed E-state index contributed by atoms with van der Waals surface area (Å²) in [5.41, 5.74) is 6.35. The predicted molar refractivity (Wildman–Crippen MR) is 122 cm³/mol. The molecule has 29 heavy (non-hydrogen) atoms. The van der Waals surface area contributed by atoms with E-state index in [9.17, 15) is 5.11 Å². The average Bonchev–Trinajstić information content (AvgIpc) is 3.17. The number of hydrazone groups is 1. The molecular formula is C22H15Cl2N3OS. The van der Waals surface area contributed by atoms with Crippen LogP contribution in [0, 0.1) is 0 Å². The number of nitrogens with one attached hydrogen (secondary N) is 1. The average molecular weight is 440 g/mol. The minimum absolute atomic E-state index is 0.0734. The molecule has 2 N–H and O–H groups in total. The van der Waals surface area contributed by atoms with Crippen molar-refractivity contribution in [1.29, 1.82) is 0 Å². The zero-order valence-corrected chi connectivity index (χ0v) is 17.3. The van der Waals surface area contributed by atoms with E-state index >= 15 is 0 Å². The summed E-state index contributed by atoms with van der Waals surface area (Å²) in [7, 11) is 0. The molecule has 0 unspecified atom stereocenters. The molecule has 0 bridgehead atoms. The topological polar surface area (TPSA) is 57.5 Å². The summed E-state index contributed by atoms with van der Waals surface area (Å²) in [6, 6.07) is 23.2. The number of hydrogen-bond acceptors (Lipinski definition) is 5. The third-order valence-electron chi connectivity index (χ3n) is 4.13. The second-order valence-electron chi connectivity index (χ2n) is 6.12. The molecule has 0 saturated carbocycles. The first-order chi connectivity index (χ1) is 14.1. The number of anilines is 1. The van der Waals surface area contributed by atoms with E-state index in [2.05, 4.69) is 22.7 Å². The standard InChI is InChI=1S/C22H15Cl2N3OS/c23-17-11-16(20(28)18(24)12-17)13-25-27-22-26-19(14-7-3-1-4-8-14)21(29-22)15-9-5-2-6-10-15/h1-13,28H,(H,26,27)/b25-13-. The van der Waals surface area contributed by atoms with Gasteiger partial charge in [-0.25, -0.2) is 4.98 Å². The maximum atomic E-state index is 10.0. The number of phenols is 1. The smallest absolute Gasteiger partial charge is 0.204 e. The molecule has 144 valence electrons. The van der Waals surface area contributed by atoms with Crippen molar-refractivity contribution in [1.82, 2.24) is 4.98 Å². The molecule has 0 aliphatic carbocycles. The van der Waals surface area contributed by atoms with Gasteiger partial charge in [-0.15, -0.1) is 0 Å². The highest BCUT2D eigenvalue weighted by Crippen LogP contribution is 2.39. The molecule has 0 amide bonds. The normalized spacial score (nSPS) is 11.1. The molecule has 0 aliphatic heterocycles. The van der Waals surface area contributed by atoms with Gasteiger partial charge in [0.1, 0.15) is 5.75 Å². The first kappa shape index (κ1) is 19.5.